The summed E-state index contributed by atoms with van der Waals surface area (Å²) < 4.78 is 16.3. The number of halogens is 1. The van der Waals surface area contributed by atoms with E-state index in [1.807, 2.05) is 17.0 Å². The summed E-state index contributed by atoms with van der Waals surface area (Å²) in [6.07, 6.45) is 8.49. The van der Waals surface area contributed by atoms with Gasteiger partial charge in [-0.3, -0.25) is 0 Å². The number of anilines is 1. The summed E-state index contributed by atoms with van der Waals surface area (Å²) in [6, 6.07) is 4.10. The number of hydrogen-bond donors (Lipinski definition) is 2. The van der Waals surface area contributed by atoms with Crippen LogP contribution in [-0.2, 0) is 7.05 Å². The Labute approximate surface area is 191 Å². The van der Waals surface area contributed by atoms with Crippen LogP contribution in [0.1, 0.15) is 45.4 Å². The highest BCUT2D eigenvalue weighted by Crippen LogP contribution is 2.27. The van der Waals surface area contributed by atoms with Gasteiger partial charge in [0.05, 0.1) is 11.6 Å². The SMILES string of the molecule is C[C@@H]1CCCN1C(=O)N[C@@H]1CCC[C@H](Nc2nc(-c3nn(C)c4ncccc34)ncc2F)C1. The molecule has 0 bridgehead atoms. The zero-order valence-corrected chi connectivity index (χ0v) is 19.0. The molecule has 3 aromatic heterocycles. The molecular formula is C23H29FN8O. The number of amides is 2. The number of nitrogens with zero attached hydrogens (tertiary/aromatic N) is 6. The van der Waals surface area contributed by atoms with Crippen LogP contribution in [0.4, 0.5) is 15.0 Å². The summed E-state index contributed by atoms with van der Waals surface area (Å²) in [6.45, 7) is 2.90. The minimum atomic E-state index is -0.505. The fourth-order valence-corrected chi connectivity index (χ4v) is 4.98. The Bertz CT molecular complexity index is 1160. The number of likely N-dealkylation sites (tertiary alicyclic amines) is 1. The predicted octanol–water partition coefficient (Wildman–Crippen LogP) is 3.48. The molecule has 9 nitrogen and oxygen atoms in total. The van der Waals surface area contributed by atoms with Gasteiger partial charge in [0.15, 0.2) is 23.1 Å². The summed E-state index contributed by atoms with van der Waals surface area (Å²) in [7, 11) is 1.81. The lowest BCUT2D eigenvalue weighted by molar-refractivity contribution is 0.187. The number of urea groups is 1. The van der Waals surface area contributed by atoms with Gasteiger partial charge in [-0.05, 0) is 57.6 Å². The van der Waals surface area contributed by atoms with E-state index in [9.17, 15) is 9.18 Å². The monoisotopic (exact) mass is 452 g/mol. The molecular weight excluding hydrogens is 423 g/mol. The van der Waals surface area contributed by atoms with E-state index in [1.54, 1.807) is 17.9 Å². The van der Waals surface area contributed by atoms with Crippen LogP contribution >= 0.6 is 0 Å². The van der Waals surface area contributed by atoms with Crippen molar-refractivity contribution in [2.45, 2.75) is 63.6 Å². The van der Waals surface area contributed by atoms with Crippen molar-refractivity contribution in [3.05, 3.63) is 30.3 Å². The molecule has 33 heavy (non-hydrogen) atoms. The minimum absolute atomic E-state index is 0.0109. The van der Waals surface area contributed by atoms with Gasteiger partial charge in [0.1, 0.15) is 5.69 Å². The molecule has 0 radical (unpaired) electrons. The van der Waals surface area contributed by atoms with Crippen molar-refractivity contribution in [3.63, 3.8) is 0 Å². The average Bonchev–Trinajstić information content (AvgIpc) is 3.39. The molecule has 1 aliphatic heterocycles. The highest BCUT2D eigenvalue weighted by atomic mass is 19.1. The molecule has 1 saturated heterocycles. The smallest absolute Gasteiger partial charge is 0.317 e. The van der Waals surface area contributed by atoms with Gasteiger partial charge in [0.2, 0.25) is 0 Å². The Kier molecular flexibility index (Phi) is 5.82. The molecule has 0 aromatic carbocycles. The maximum atomic E-state index is 14.6. The number of pyridine rings is 1. The fraction of sp³-hybridized carbons (Fsp3) is 0.522. The predicted molar refractivity (Wildman–Crippen MR) is 123 cm³/mol. The van der Waals surface area contributed by atoms with Crippen molar-refractivity contribution in [2.75, 3.05) is 11.9 Å². The van der Waals surface area contributed by atoms with E-state index in [2.05, 4.69) is 37.6 Å². The molecule has 2 aliphatic rings. The minimum Gasteiger partial charge on any atom is -0.365 e. The van der Waals surface area contributed by atoms with Crippen molar-refractivity contribution in [3.8, 4) is 11.5 Å². The Morgan fingerprint density at radius 2 is 2.03 bits per heavy atom. The van der Waals surface area contributed by atoms with E-state index < -0.39 is 5.82 Å². The molecule has 10 heteroatoms. The number of hydrogen-bond acceptors (Lipinski definition) is 6. The molecule has 2 fully saturated rings. The van der Waals surface area contributed by atoms with Crippen molar-refractivity contribution >= 4 is 22.9 Å². The number of carbonyl (C=O) groups is 1. The summed E-state index contributed by atoms with van der Waals surface area (Å²) >= 11 is 0. The molecule has 5 rings (SSSR count). The first-order valence-electron chi connectivity index (χ1n) is 11.6. The first kappa shape index (κ1) is 21.5. The van der Waals surface area contributed by atoms with Gasteiger partial charge >= 0.3 is 6.03 Å². The van der Waals surface area contributed by atoms with E-state index in [4.69, 9.17) is 0 Å². The van der Waals surface area contributed by atoms with Gasteiger partial charge in [-0.2, -0.15) is 5.10 Å². The van der Waals surface area contributed by atoms with Crippen molar-refractivity contribution in [2.24, 2.45) is 7.05 Å². The average molecular weight is 453 g/mol. The van der Waals surface area contributed by atoms with Crippen LogP contribution in [0.3, 0.4) is 0 Å². The normalized spacial score (nSPS) is 23.1. The molecule has 4 heterocycles. The molecule has 0 unspecified atom stereocenters. The van der Waals surface area contributed by atoms with Crippen LogP contribution in [0.15, 0.2) is 24.5 Å². The van der Waals surface area contributed by atoms with Gasteiger partial charge < -0.3 is 15.5 Å². The maximum Gasteiger partial charge on any atom is 0.317 e. The first-order chi connectivity index (χ1) is 16.0. The Morgan fingerprint density at radius 3 is 2.85 bits per heavy atom. The molecule has 2 amide bonds. The van der Waals surface area contributed by atoms with Crippen LogP contribution in [-0.4, -0.2) is 60.3 Å². The molecule has 0 spiro atoms. The van der Waals surface area contributed by atoms with E-state index in [-0.39, 0.29) is 30.0 Å². The van der Waals surface area contributed by atoms with Gasteiger partial charge in [-0.15, -0.1) is 0 Å². The molecule has 1 aliphatic carbocycles. The lowest BCUT2D eigenvalue weighted by Gasteiger charge is -2.32. The standard InChI is InChI=1S/C23H29FN8O/c1-14-6-5-11-32(14)23(33)28-16-8-3-7-15(12-16)27-20-18(24)13-26-21(29-20)19-17-9-4-10-25-22(17)31(2)30-19/h4,9-10,13-16H,3,5-8,11-12H2,1-2H3,(H,28,33)(H,26,27,29)/t14-,15+,16-/m1/s1. The highest BCUT2D eigenvalue weighted by molar-refractivity contribution is 5.89. The fourth-order valence-electron chi connectivity index (χ4n) is 4.98. The van der Waals surface area contributed by atoms with Crippen LogP contribution < -0.4 is 10.6 Å². The zero-order chi connectivity index (χ0) is 22.9. The number of carbonyl (C=O) groups excluding carboxylic acids is 1. The highest BCUT2D eigenvalue weighted by Gasteiger charge is 2.29. The largest absolute Gasteiger partial charge is 0.365 e. The van der Waals surface area contributed by atoms with E-state index in [0.29, 0.717) is 17.2 Å². The summed E-state index contributed by atoms with van der Waals surface area (Å²) in [5, 5.41) is 11.7. The number of nitrogens with one attached hydrogen (secondary N) is 2. The van der Waals surface area contributed by atoms with Crippen LogP contribution in [0, 0.1) is 5.82 Å². The topological polar surface area (TPSA) is 101 Å². The van der Waals surface area contributed by atoms with Gasteiger partial charge in [0, 0.05) is 37.9 Å². The van der Waals surface area contributed by atoms with Crippen molar-refractivity contribution in [1.82, 2.24) is 34.9 Å². The van der Waals surface area contributed by atoms with E-state index >= 15 is 0 Å². The quantitative estimate of drug-likeness (QED) is 0.629. The Balaban J connectivity index is 1.30. The third-order valence-corrected chi connectivity index (χ3v) is 6.71. The van der Waals surface area contributed by atoms with Crippen LogP contribution in [0.25, 0.3) is 22.6 Å². The van der Waals surface area contributed by atoms with Gasteiger partial charge in [-0.1, -0.05) is 0 Å². The number of aromatic nitrogens is 5. The lowest BCUT2D eigenvalue weighted by atomic mass is 9.91. The second kappa shape index (κ2) is 8.92. The summed E-state index contributed by atoms with van der Waals surface area (Å²) in [5.41, 5.74) is 1.28. The second-order valence-electron chi connectivity index (χ2n) is 9.08. The Hall–Kier alpha value is -3.30. The van der Waals surface area contributed by atoms with Crippen LogP contribution in [0.5, 0.6) is 0 Å². The van der Waals surface area contributed by atoms with Crippen molar-refractivity contribution < 1.29 is 9.18 Å². The first-order valence-corrected chi connectivity index (χ1v) is 11.6. The molecule has 174 valence electrons. The summed E-state index contributed by atoms with van der Waals surface area (Å²) in [5.74, 6) is 0.00294. The van der Waals surface area contributed by atoms with Crippen LogP contribution in [0.2, 0.25) is 0 Å². The molecule has 2 N–H and O–H groups in total. The van der Waals surface area contributed by atoms with E-state index in [0.717, 1.165) is 50.5 Å². The third-order valence-electron chi connectivity index (χ3n) is 6.71. The molecule has 3 atom stereocenters. The second-order valence-corrected chi connectivity index (χ2v) is 9.08. The third kappa shape index (κ3) is 4.34. The Morgan fingerprint density at radius 1 is 1.18 bits per heavy atom. The van der Waals surface area contributed by atoms with Gasteiger partial charge in [0.25, 0.3) is 0 Å². The number of aryl methyl sites for hydroxylation is 1. The lowest BCUT2D eigenvalue weighted by Crippen LogP contribution is -2.48. The number of fused-ring (bicyclic) bond motifs is 1. The van der Waals surface area contributed by atoms with Gasteiger partial charge in [-0.25, -0.2) is 28.8 Å². The van der Waals surface area contributed by atoms with Crippen molar-refractivity contribution in [1.29, 1.82) is 0 Å². The maximum absolute atomic E-state index is 14.6. The van der Waals surface area contributed by atoms with E-state index in [1.165, 1.54) is 6.20 Å². The summed E-state index contributed by atoms with van der Waals surface area (Å²) in [4.78, 5) is 27.6. The molecule has 3 aromatic rings. The zero-order valence-electron chi connectivity index (χ0n) is 19.0. The number of rotatable bonds is 4. The molecule has 1 saturated carbocycles.